The minimum Gasteiger partial charge on any atom is -0.315 e. The quantitative estimate of drug-likeness (QED) is 0.720. The molecule has 0 aromatic heterocycles. The van der Waals surface area contributed by atoms with Crippen LogP contribution in [0.25, 0.3) is 0 Å². The van der Waals surface area contributed by atoms with Gasteiger partial charge in [-0.05, 0) is 26.6 Å². The average molecular weight is 240 g/mol. The molecule has 0 aliphatic carbocycles. The molecule has 2 heterocycles. The molecule has 2 fully saturated rings. The number of likely N-dealkylation sites (N-methyl/N-ethyl adjacent to an activating group) is 2. The van der Waals surface area contributed by atoms with Gasteiger partial charge in [0.1, 0.15) is 0 Å². The molecule has 2 aliphatic heterocycles. The first-order valence-corrected chi connectivity index (χ1v) is 6.97. The summed E-state index contributed by atoms with van der Waals surface area (Å²) in [5.74, 6) is 0.782. The van der Waals surface area contributed by atoms with Crippen LogP contribution < -0.4 is 5.32 Å². The van der Waals surface area contributed by atoms with E-state index in [0.29, 0.717) is 6.04 Å². The Balaban J connectivity index is 1.85. The number of hydrogen-bond donors (Lipinski definition) is 1. The summed E-state index contributed by atoms with van der Waals surface area (Å²) in [6, 6.07) is 0.707. The number of piperazine rings is 1. The van der Waals surface area contributed by atoms with Crippen molar-refractivity contribution in [3.05, 3.63) is 0 Å². The Bertz CT molecular complexity index is 233. The predicted molar refractivity (Wildman–Crippen MR) is 72.4 cm³/mol. The summed E-state index contributed by atoms with van der Waals surface area (Å²) in [7, 11) is 4.52. The fraction of sp³-hybridized carbons (Fsp3) is 1.00. The van der Waals surface area contributed by atoms with Gasteiger partial charge in [-0.15, -0.1) is 0 Å². The minimum absolute atomic E-state index is 0.707. The van der Waals surface area contributed by atoms with Gasteiger partial charge in [-0.1, -0.05) is 6.92 Å². The van der Waals surface area contributed by atoms with Crippen molar-refractivity contribution < 1.29 is 0 Å². The molecule has 2 atom stereocenters. The van der Waals surface area contributed by atoms with Crippen molar-refractivity contribution in [2.75, 3.05) is 66.5 Å². The smallest absolute Gasteiger partial charge is 0.0347 e. The normalized spacial score (nSPS) is 34.8. The van der Waals surface area contributed by atoms with Crippen molar-refractivity contribution in [2.45, 2.75) is 13.0 Å². The SMILES string of the molecule is CC1CNCCN(CC2CN(C)CCN2C)C1. The van der Waals surface area contributed by atoms with Gasteiger partial charge in [0, 0.05) is 51.9 Å². The van der Waals surface area contributed by atoms with Gasteiger partial charge >= 0.3 is 0 Å². The summed E-state index contributed by atoms with van der Waals surface area (Å²) in [4.78, 5) is 7.64. The molecule has 0 bridgehead atoms. The van der Waals surface area contributed by atoms with Gasteiger partial charge in [0.15, 0.2) is 0 Å². The summed E-state index contributed by atoms with van der Waals surface area (Å²) in [6.45, 7) is 12.0. The highest BCUT2D eigenvalue weighted by Crippen LogP contribution is 2.10. The van der Waals surface area contributed by atoms with E-state index in [1.807, 2.05) is 0 Å². The van der Waals surface area contributed by atoms with Gasteiger partial charge in [0.2, 0.25) is 0 Å². The van der Waals surface area contributed by atoms with E-state index in [1.54, 1.807) is 0 Å². The molecule has 2 rings (SSSR count). The number of rotatable bonds is 2. The summed E-state index contributed by atoms with van der Waals surface area (Å²) in [5.41, 5.74) is 0. The van der Waals surface area contributed by atoms with Crippen LogP contribution in [0.1, 0.15) is 6.92 Å². The summed E-state index contributed by atoms with van der Waals surface area (Å²) in [6.07, 6.45) is 0. The molecule has 2 saturated heterocycles. The van der Waals surface area contributed by atoms with Crippen molar-refractivity contribution in [1.82, 2.24) is 20.0 Å². The van der Waals surface area contributed by atoms with E-state index in [2.05, 4.69) is 41.0 Å². The lowest BCUT2D eigenvalue weighted by Crippen LogP contribution is -2.54. The van der Waals surface area contributed by atoms with Crippen molar-refractivity contribution in [3.8, 4) is 0 Å². The zero-order valence-corrected chi connectivity index (χ0v) is 11.7. The van der Waals surface area contributed by atoms with E-state index in [0.717, 1.165) is 12.5 Å². The first kappa shape index (κ1) is 13.3. The Hall–Kier alpha value is -0.160. The molecular formula is C13H28N4. The Morgan fingerprint density at radius 1 is 1.12 bits per heavy atom. The molecule has 4 heteroatoms. The molecule has 0 aromatic rings. The molecule has 100 valence electrons. The second-order valence-corrected chi connectivity index (χ2v) is 5.97. The molecule has 2 aliphatic rings. The first-order valence-electron chi connectivity index (χ1n) is 6.97. The lowest BCUT2D eigenvalue weighted by atomic mass is 10.1. The number of nitrogens with one attached hydrogen (secondary N) is 1. The van der Waals surface area contributed by atoms with E-state index in [-0.39, 0.29) is 0 Å². The molecular weight excluding hydrogens is 212 g/mol. The number of hydrogen-bond acceptors (Lipinski definition) is 4. The fourth-order valence-electron chi connectivity index (χ4n) is 2.94. The standard InChI is InChI=1S/C13H28N4/c1-12-8-14-4-5-17(9-12)11-13-10-15(2)6-7-16(13)3/h12-14H,4-11H2,1-3H3. The molecule has 0 saturated carbocycles. The van der Waals surface area contributed by atoms with Gasteiger partial charge in [-0.3, -0.25) is 4.90 Å². The van der Waals surface area contributed by atoms with E-state index in [1.165, 1.54) is 45.8 Å². The van der Waals surface area contributed by atoms with Crippen molar-refractivity contribution in [2.24, 2.45) is 5.92 Å². The van der Waals surface area contributed by atoms with Crippen LogP contribution in [-0.2, 0) is 0 Å². The van der Waals surface area contributed by atoms with Crippen LogP contribution in [0, 0.1) is 5.92 Å². The van der Waals surface area contributed by atoms with Crippen LogP contribution in [0.3, 0.4) is 0 Å². The maximum absolute atomic E-state index is 3.52. The predicted octanol–water partition coefficient (Wildman–Crippen LogP) is -0.226. The zero-order valence-electron chi connectivity index (χ0n) is 11.7. The van der Waals surface area contributed by atoms with E-state index >= 15 is 0 Å². The van der Waals surface area contributed by atoms with Crippen LogP contribution in [0.15, 0.2) is 0 Å². The fourth-order valence-corrected chi connectivity index (χ4v) is 2.94. The molecule has 1 N–H and O–H groups in total. The molecule has 0 amide bonds. The van der Waals surface area contributed by atoms with Crippen LogP contribution in [0.4, 0.5) is 0 Å². The first-order chi connectivity index (χ1) is 8.15. The van der Waals surface area contributed by atoms with Crippen LogP contribution >= 0.6 is 0 Å². The van der Waals surface area contributed by atoms with Gasteiger partial charge in [-0.25, -0.2) is 0 Å². The molecule has 4 nitrogen and oxygen atoms in total. The van der Waals surface area contributed by atoms with Crippen molar-refractivity contribution in [3.63, 3.8) is 0 Å². The van der Waals surface area contributed by atoms with E-state index < -0.39 is 0 Å². The third-order valence-electron chi connectivity index (χ3n) is 4.12. The minimum atomic E-state index is 0.707. The van der Waals surface area contributed by atoms with E-state index in [4.69, 9.17) is 0 Å². The second-order valence-electron chi connectivity index (χ2n) is 5.97. The molecule has 0 aromatic carbocycles. The van der Waals surface area contributed by atoms with Crippen molar-refractivity contribution in [1.29, 1.82) is 0 Å². The van der Waals surface area contributed by atoms with Gasteiger partial charge in [0.05, 0.1) is 0 Å². The van der Waals surface area contributed by atoms with Crippen LogP contribution in [0.5, 0.6) is 0 Å². The highest BCUT2D eigenvalue weighted by Gasteiger charge is 2.25. The molecule has 17 heavy (non-hydrogen) atoms. The average Bonchev–Trinajstić information content (AvgIpc) is 2.48. The van der Waals surface area contributed by atoms with Gasteiger partial charge in [-0.2, -0.15) is 0 Å². The van der Waals surface area contributed by atoms with Gasteiger partial charge in [0.25, 0.3) is 0 Å². The van der Waals surface area contributed by atoms with Gasteiger partial charge < -0.3 is 15.1 Å². The molecule has 0 radical (unpaired) electrons. The summed E-state index contributed by atoms with van der Waals surface area (Å²) in [5, 5.41) is 3.52. The van der Waals surface area contributed by atoms with Crippen LogP contribution in [0.2, 0.25) is 0 Å². The third kappa shape index (κ3) is 3.91. The molecule has 2 unspecified atom stereocenters. The lowest BCUT2D eigenvalue weighted by molar-refractivity contribution is 0.0813. The Morgan fingerprint density at radius 2 is 1.94 bits per heavy atom. The van der Waals surface area contributed by atoms with Crippen molar-refractivity contribution >= 4 is 0 Å². The Kier molecular flexibility index (Phi) is 4.79. The largest absolute Gasteiger partial charge is 0.315 e. The lowest BCUT2D eigenvalue weighted by Gasteiger charge is -2.40. The molecule has 0 spiro atoms. The van der Waals surface area contributed by atoms with E-state index in [9.17, 15) is 0 Å². The zero-order chi connectivity index (χ0) is 12.3. The number of nitrogens with zero attached hydrogens (tertiary/aromatic N) is 3. The second kappa shape index (κ2) is 6.14. The topological polar surface area (TPSA) is 21.8 Å². The summed E-state index contributed by atoms with van der Waals surface area (Å²) >= 11 is 0. The third-order valence-corrected chi connectivity index (χ3v) is 4.12. The maximum Gasteiger partial charge on any atom is 0.0347 e. The highest BCUT2D eigenvalue weighted by atomic mass is 15.3. The monoisotopic (exact) mass is 240 g/mol. The van der Waals surface area contributed by atoms with Crippen LogP contribution in [-0.4, -0.2) is 87.2 Å². The Labute approximate surface area is 106 Å². The summed E-state index contributed by atoms with van der Waals surface area (Å²) < 4.78 is 0. The maximum atomic E-state index is 3.52. The highest BCUT2D eigenvalue weighted by molar-refractivity contribution is 4.83. The Morgan fingerprint density at radius 3 is 2.76 bits per heavy atom.